The minimum absolute atomic E-state index is 0.0573. The number of likely N-dealkylation sites (N-methyl/N-ethyl adjacent to an activating group) is 1. The van der Waals surface area contributed by atoms with E-state index < -0.39 is 4.92 Å². The van der Waals surface area contributed by atoms with E-state index >= 15 is 0 Å². The minimum Gasteiger partial charge on any atom is -0.363 e. The molecule has 2 rings (SSSR count). The minimum atomic E-state index is -0.443. The molecule has 0 aliphatic heterocycles. The van der Waals surface area contributed by atoms with Crippen molar-refractivity contribution in [1.29, 1.82) is 0 Å². The number of nitrogens with one attached hydrogen (secondary N) is 2. The predicted molar refractivity (Wildman–Crippen MR) is 77.1 cm³/mol. The van der Waals surface area contributed by atoms with E-state index in [1.165, 1.54) is 12.8 Å². The lowest BCUT2D eigenvalue weighted by atomic mass is 10.3. The molecule has 0 bridgehead atoms. The summed E-state index contributed by atoms with van der Waals surface area (Å²) in [5.41, 5.74) is 0.297. The molecule has 0 saturated heterocycles. The van der Waals surface area contributed by atoms with Gasteiger partial charge in [0.25, 0.3) is 0 Å². The lowest BCUT2D eigenvalue weighted by molar-refractivity contribution is -0.385. The first-order valence-corrected chi connectivity index (χ1v) is 6.67. The zero-order chi connectivity index (χ0) is 14.7. The molecule has 0 atom stereocenters. The van der Waals surface area contributed by atoms with Crippen molar-refractivity contribution in [3.05, 3.63) is 15.8 Å². The van der Waals surface area contributed by atoms with Gasteiger partial charge in [-0.1, -0.05) is 0 Å². The zero-order valence-electron chi connectivity index (χ0n) is 12.0. The van der Waals surface area contributed by atoms with Gasteiger partial charge in [0.1, 0.15) is 5.69 Å². The van der Waals surface area contributed by atoms with Crippen LogP contribution in [0.25, 0.3) is 0 Å². The molecule has 8 heteroatoms. The van der Waals surface area contributed by atoms with Crippen molar-refractivity contribution < 1.29 is 4.92 Å². The SMILES string of the molecule is CNc1nc(C)c([N+](=O)[O-])c(NCCN(C)C2CC2)n1. The van der Waals surface area contributed by atoms with Crippen molar-refractivity contribution in [2.75, 3.05) is 37.8 Å². The number of nitrogens with zero attached hydrogens (tertiary/aromatic N) is 4. The predicted octanol–water partition coefficient (Wildman–Crippen LogP) is 1.24. The maximum absolute atomic E-state index is 11.1. The molecule has 20 heavy (non-hydrogen) atoms. The Morgan fingerprint density at radius 3 is 2.70 bits per heavy atom. The quantitative estimate of drug-likeness (QED) is 0.573. The number of anilines is 2. The van der Waals surface area contributed by atoms with Crippen LogP contribution in [-0.2, 0) is 0 Å². The summed E-state index contributed by atoms with van der Waals surface area (Å²) in [6.45, 7) is 3.06. The summed E-state index contributed by atoms with van der Waals surface area (Å²) >= 11 is 0. The first kappa shape index (κ1) is 14.4. The summed E-state index contributed by atoms with van der Waals surface area (Å²) < 4.78 is 0. The molecular formula is C12H20N6O2. The van der Waals surface area contributed by atoms with Crippen LogP contribution in [0.4, 0.5) is 17.5 Å². The summed E-state index contributed by atoms with van der Waals surface area (Å²) in [5.74, 6) is 0.655. The van der Waals surface area contributed by atoms with Crippen molar-refractivity contribution in [2.24, 2.45) is 0 Å². The fourth-order valence-electron chi connectivity index (χ4n) is 2.07. The standard InChI is InChI=1S/C12H20N6O2/c1-8-10(18(19)20)11(16-12(13-2)15-8)14-6-7-17(3)9-4-5-9/h9H,4-7H2,1-3H3,(H2,13,14,15,16). The van der Waals surface area contributed by atoms with Crippen molar-refractivity contribution in [2.45, 2.75) is 25.8 Å². The van der Waals surface area contributed by atoms with Crippen molar-refractivity contribution >= 4 is 17.5 Å². The van der Waals surface area contributed by atoms with Gasteiger partial charge in [0, 0.05) is 26.2 Å². The van der Waals surface area contributed by atoms with Gasteiger partial charge < -0.3 is 15.5 Å². The highest BCUT2D eigenvalue weighted by Crippen LogP contribution is 2.27. The summed E-state index contributed by atoms with van der Waals surface area (Å²) in [6.07, 6.45) is 2.49. The first-order chi connectivity index (χ1) is 9.52. The average Bonchev–Trinajstić information content (AvgIpc) is 3.21. The highest BCUT2D eigenvalue weighted by atomic mass is 16.6. The average molecular weight is 280 g/mol. The van der Waals surface area contributed by atoms with Gasteiger partial charge in [-0.25, -0.2) is 4.98 Å². The molecule has 1 aliphatic carbocycles. The Bertz CT molecular complexity index is 503. The number of aromatic nitrogens is 2. The molecule has 0 spiro atoms. The maximum Gasteiger partial charge on any atom is 0.332 e. The van der Waals surface area contributed by atoms with Crippen LogP contribution in [0.5, 0.6) is 0 Å². The number of aryl methyl sites for hydroxylation is 1. The Labute approximate surface area is 117 Å². The number of hydrogen-bond acceptors (Lipinski definition) is 7. The van der Waals surface area contributed by atoms with Crippen LogP contribution in [0.1, 0.15) is 18.5 Å². The summed E-state index contributed by atoms with van der Waals surface area (Å²) in [4.78, 5) is 21.1. The van der Waals surface area contributed by atoms with E-state index in [2.05, 4.69) is 32.5 Å². The van der Waals surface area contributed by atoms with Gasteiger partial charge in [-0.3, -0.25) is 10.1 Å². The Balaban J connectivity index is 2.07. The van der Waals surface area contributed by atoms with Crippen molar-refractivity contribution in [3.63, 3.8) is 0 Å². The molecule has 1 heterocycles. The Hall–Kier alpha value is -1.96. The maximum atomic E-state index is 11.1. The van der Waals surface area contributed by atoms with Gasteiger partial charge in [-0.15, -0.1) is 0 Å². The molecular weight excluding hydrogens is 260 g/mol. The summed E-state index contributed by atoms with van der Waals surface area (Å²) in [5, 5.41) is 17.0. The first-order valence-electron chi connectivity index (χ1n) is 6.67. The second-order valence-corrected chi connectivity index (χ2v) is 4.98. The van der Waals surface area contributed by atoms with E-state index in [4.69, 9.17) is 0 Å². The number of rotatable bonds is 7. The smallest absolute Gasteiger partial charge is 0.332 e. The van der Waals surface area contributed by atoms with E-state index in [1.54, 1.807) is 14.0 Å². The van der Waals surface area contributed by atoms with Gasteiger partial charge >= 0.3 is 5.69 Å². The molecule has 1 saturated carbocycles. The molecule has 110 valence electrons. The fraction of sp³-hybridized carbons (Fsp3) is 0.667. The molecule has 1 aliphatic rings. The molecule has 1 aromatic heterocycles. The van der Waals surface area contributed by atoms with Crippen LogP contribution in [0.15, 0.2) is 0 Å². The molecule has 2 N–H and O–H groups in total. The van der Waals surface area contributed by atoms with Crippen LogP contribution in [-0.4, -0.2) is 53.0 Å². The van der Waals surface area contributed by atoms with E-state index in [0.29, 0.717) is 24.2 Å². The lowest BCUT2D eigenvalue weighted by Crippen LogP contribution is -2.27. The third kappa shape index (κ3) is 3.32. The zero-order valence-corrected chi connectivity index (χ0v) is 12.0. The van der Waals surface area contributed by atoms with Crippen LogP contribution in [0.3, 0.4) is 0 Å². The monoisotopic (exact) mass is 280 g/mol. The molecule has 1 aromatic rings. The van der Waals surface area contributed by atoms with E-state index in [0.717, 1.165) is 6.54 Å². The van der Waals surface area contributed by atoms with Crippen molar-refractivity contribution in [1.82, 2.24) is 14.9 Å². The van der Waals surface area contributed by atoms with Crippen LogP contribution in [0.2, 0.25) is 0 Å². The molecule has 0 unspecified atom stereocenters. The van der Waals surface area contributed by atoms with Gasteiger partial charge in [-0.05, 0) is 26.8 Å². The highest BCUT2D eigenvalue weighted by molar-refractivity contribution is 5.60. The molecule has 0 radical (unpaired) electrons. The normalized spacial score (nSPS) is 14.4. The second-order valence-electron chi connectivity index (χ2n) is 4.98. The Kier molecular flexibility index (Phi) is 4.33. The van der Waals surface area contributed by atoms with E-state index in [9.17, 15) is 10.1 Å². The molecule has 1 fully saturated rings. The fourth-order valence-corrected chi connectivity index (χ4v) is 2.07. The number of hydrogen-bond donors (Lipinski definition) is 2. The third-order valence-corrected chi connectivity index (χ3v) is 3.39. The van der Waals surface area contributed by atoms with Crippen LogP contribution >= 0.6 is 0 Å². The summed E-state index contributed by atoms with van der Waals surface area (Å²) in [7, 11) is 3.75. The molecule has 0 amide bonds. The van der Waals surface area contributed by atoms with E-state index in [1.807, 2.05) is 0 Å². The largest absolute Gasteiger partial charge is 0.363 e. The Morgan fingerprint density at radius 2 is 2.15 bits per heavy atom. The Morgan fingerprint density at radius 1 is 1.45 bits per heavy atom. The van der Waals surface area contributed by atoms with Gasteiger partial charge in [0.15, 0.2) is 0 Å². The van der Waals surface area contributed by atoms with Gasteiger partial charge in [-0.2, -0.15) is 4.98 Å². The van der Waals surface area contributed by atoms with Gasteiger partial charge in [0.2, 0.25) is 11.8 Å². The topological polar surface area (TPSA) is 96.2 Å². The third-order valence-electron chi connectivity index (χ3n) is 3.39. The van der Waals surface area contributed by atoms with Gasteiger partial charge in [0.05, 0.1) is 4.92 Å². The highest BCUT2D eigenvalue weighted by Gasteiger charge is 2.26. The van der Waals surface area contributed by atoms with E-state index in [-0.39, 0.29) is 11.5 Å². The van der Waals surface area contributed by atoms with Crippen LogP contribution < -0.4 is 10.6 Å². The van der Waals surface area contributed by atoms with Crippen LogP contribution in [0, 0.1) is 17.0 Å². The van der Waals surface area contributed by atoms with Crippen molar-refractivity contribution in [3.8, 4) is 0 Å². The lowest BCUT2D eigenvalue weighted by Gasteiger charge is -2.16. The second kappa shape index (κ2) is 6.00. The summed E-state index contributed by atoms with van der Waals surface area (Å²) in [6, 6.07) is 0.673. The number of nitro groups is 1. The molecule has 0 aromatic carbocycles. The molecule has 8 nitrogen and oxygen atoms in total.